The fraction of sp³-hybridized carbons (Fsp3) is 0.956. The summed E-state index contributed by atoms with van der Waals surface area (Å²) < 4.78 is 69.0. The highest BCUT2D eigenvalue weighted by Gasteiger charge is 2.31. The van der Waals surface area contributed by atoms with Gasteiger partial charge in [-0.15, -0.1) is 0 Å². The number of phosphoric ester groups is 2. The maximum absolute atomic E-state index is 13.2. The Labute approximate surface area is 677 Å². The van der Waals surface area contributed by atoms with Gasteiger partial charge in [-0.2, -0.15) is 0 Å². The lowest BCUT2D eigenvalue weighted by Crippen LogP contribution is -2.30. The maximum atomic E-state index is 13.2. The summed E-state index contributed by atoms with van der Waals surface area (Å²) in [6.45, 7) is 12.0. The topological polar surface area (TPSA) is 237 Å². The normalized spacial score (nSPS) is 13.8. The Morgan fingerprint density at radius 3 is 0.618 bits per heavy atom. The van der Waals surface area contributed by atoms with Crippen molar-refractivity contribution >= 4 is 39.5 Å². The number of hydrogen-bond acceptors (Lipinski definition) is 15. The minimum atomic E-state index is -4.97. The highest BCUT2D eigenvalue weighted by atomic mass is 31.2. The van der Waals surface area contributed by atoms with E-state index < -0.39 is 97.5 Å². The number of carbonyl (C=O) groups excluding carboxylic acids is 4. The van der Waals surface area contributed by atoms with Crippen molar-refractivity contribution in [1.82, 2.24) is 0 Å². The summed E-state index contributed by atoms with van der Waals surface area (Å²) in [5.41, 5.74) is 0. The van der Waals surface area contributed by atoms with Crippen molar-refractivity contribution in [3.8, 4) is 0 Å². The van der Waals surface area contributed by atoms with Gasteiger partial charge in [-0.25, -0.2) is 9.13 Å². The molecule has 654 valence electrons. The molecule has 19 heteroatoms. The van der Waals surface area contributed by atoms with Crippen molar-refractivity contribution in [3.63, 3.8) is 0 Å². The third-order valence-electron chi connectivity index (χ3n) is 21.4. The van der Waals surface area contributed by atoms with Gasteiger partial charge in [-0.1, -0.05) is 434 Å². The van der Waals surface area contributed by atoms with Crippen LogP contribution in [-0.4, -0.2) is 96.7 Å². The van der Waals surface area contributed by atoms with Crippen LogP contribution in [0.15, 0.2) is 0 Å². The number of esters is 4. The number of ether oxygens (including phenoxy) is 4. The van der Waals surface area contributed by atoms with E-state index in [1.807, 2.05) is 0 Å². The molecule has 0 rings (SSSR count). The summed E-state index contributed by atoms with van der Waals surface area (Å²) in [4.78, 5) is 73.4. The Morgan fingerprint density at radius 2 is 0.418 bits per heavy atom. The number of rotatable bonds is 89. The zero-order chi connectivity index (χ0) is 80.8. The lowest BCUT2D eigenvalue weighted by atomic mass is 10.0. The van der Waals surface area contributed by atoms with Crippen LogP contribution in [0, 0.1) is 17.8 Å². The van der Waals surface area contributed by atoms with Crippen LogP contribution < -0.4 is 0 Å². The molecule has 0 spiro atoms. The first-order valence-corrected chi connectivity index (χ1v) is 49.8. The molecule has 110 heavy (non-hydrogen) atoms. The Balaban J connectivity index is 5.22. The summed E-state index contributed by atoms with van der Waals surface area (Å²) in [5.74, 6) is 0.249. The molecule has 0 radical (unpaired) electrons. The number of hydrogen-bond donors (Lipinski definition) is 3. The third-order valence-corrected chi connectivity index (χ3v) is 23.3. The molecule has 0 aliphatic carbocycles. The van der Waals surface area contributed by atoms with Crippen LogP contribution in [0.1, 0.15) is 485 Å². The molecule has 17 nitrogen and oxygen atoms in total. The summed E-state index contributed by atoms with van der Waals surface area (Å²) in [7, 11) is -9.94. The number of unbranched alkanes of at least 4 members (excludes halogenated alkanes) is 57. The van der Waals surface area contributed by atoms with Crippen molar-refractivity contribution in [2.45, 2.75) is 503 Å². The predicted molar refractivity (Wildman–Crippen MR) is 455 cm³/mol. The molecule has 3 N–H and O–H groups in total. The molecule has 0 fully saturated rings. The van der Waals surface area contributed by atoms with Gasteiger partial charge in [0.15, 0.2) is 12.2 Å². The molecular weight excluding hydrogens is 1430 g/mol. The van der Waals surface area contributed by atoms with Crippen molar-refractivity contribution in [2.75, 3.05) is 39.6 Å². The van der Waals surface area contributed by atoms with Gasteiger partial charge in [0.1, 0.15) is 19.3 Å². The number of carbonyl (C=O) groups is 4. The minimum Gasteiger partial charge on any atom is -0.462 e. The second kappa shape index (κ2) is 80.8. The molecule has 0 aromatic heterocycles. The van der Waals surface area contributed by atoms with E-state index in [9.17, 15) is 43.2 Å². The van der Waals surface area contributed by atoms with E-state index in [-0.39, 0.29) is 25.7 Å². The monoisotopic (exact) mass is 1610 g/mol. The van der Waals surface area contributed by atoms with Gasteiger partial charge < -0.3 is 33.8 Å². The maximum Gasteiger partial charge on any atom is 0.472 e. The lowest BCUT2D eigenvalue weighted by molar-refractivity contribution is -0.161. The molecule has 0 aromatic rings. The van der Waals surface area contributed by atoms with E-state index in [1.54, 1.807) is 0 Å². The molecule has 5 atom stereocenters. The van der Waals surface area contributed by atoms with Crippen LogP contribution in [0.2, 0.25) is 0 Å². The van der Waals surface area contributed by atoms with Gasteiger partial charge in [-0.3, -0.25) is 37.3 Å². The summed E-state index contributed by atoms with van der Waals surface area (Å²) >= 11 is 0. The standard InChI is InChI=1S/C91H178O17P2/c1-8-9-10-11-12-13-14-15-16-17-24-30-35-40-45-52-60-68-75-91(96)108-87(79-102-89(94)73-66-59-54-47-50-57-64-71-84(6)7)81-106-110(99,100)104-77-85(92)76-103-109(97,98)105-80-86(107-90(95)74-67-61-53-46-41-36-31-26-21-19-23-28-33-38-43-49-56-63-70-83(4)5)78-101-88(93)72-65-58-51-44-39-34-29-25-20-18-22-27-32-37-42-48-55-62-69-82(2)3/h82-87,92H,8-81H2,1-7H3,(H,97,98)(H,99,100)/t85-,86-,87-/m1/s1. The second-order valence-electron chi connectivity index (χ2n) is 34.1. The highest BCUT2D eigenvalue weighted by Crippen LogP contribution is 2.45. The number of aliphatic hydroxyl groups is 1. The fourth-order valence-corrected chi connectivity index (χ4v) is 15.8. The van der Waals surface area contributed by atoms with Crippen LogP contribution in [0.5, 0.6) is 0 Å². The predicted octanol–water partition coefficient (Wildman–Crippen LogP) is 28.0. The molecule has 0 saturated heterocycles. The van der Waals surface area contributed by atoms with Crippen LogP contribution in [0.25, 0.3) is 0 Å². The van der Waals surface area contributed by atoms with Gasteiger partial charge in [0.05, 0.1) is 26.4 Å². The average Bonchev–Trinajstić information content (AvgIpc) is 0.898. The van der Waals surface area contributed by atoms with Crippen molar-refractivity contribution in [2.24, 2.45) is 17.8 Å². The van der Waals surface area contributed by atoms with Crippen LogP contribution in [0.4, 0.5) is 0 Å². The van der Waals surface area contributed by atoms with Gasteiger partial charge in [0.2, 0.25) is 0 Å². The Kier molecular flexibility index (Phi) is 79.4. The molecule has 0 aliphatic heterocycles. The van der Waals surface area contributed by atoms with Gasteiger partial charge in [0, 0.05) is 25.7 Å². The Morgan fingerprint density at radius 1 is 0.245 bits per heavy atom. The summed E-state index contributed by atoms with van der Waals surface area (Å²) in [5, 5.41) is 10.7. The highest BCUT2D eigenvalue weighted by molar-refractivity contribution is 7.47. The van der Waals surface area contributed by atoms with E-state index in [0.29, 0.717) is 31.6 Å². The van der Waals surface area contributed by atoms with Crippen LogP contribution in [-0.2, 0) is 65.4 Å². The van der Waals surface area contributed by atoms with E-state index in [2.05, 4.69) is 48.5 Å². The number of aliphatic hydroxyl groups excluding tert-OH is 1. The molecular formula is C91H178O17P2. The average molecular weight is 1610 g/mol. The summed E-state index contributed by atoms with van der Waals surface area (Å²) in [6.07, 6.45) is 73.8. The van der Waals surface area contributed by atoms with Crippen molar-refractivity contribution < 1.29 is 80.2 Å². The van der Waals surface area contributed by atoms with Gasteiger partial charge in [0.25, 0.3) is 0 Å². The zero-order valence-electron chi connectivity index (χ0n) is 72.7. The Hall–Kier alpha value is -1.94. The zero-order valence-corrected chi connectivity index (χ0v) is 74.5. The van der Waals surface area contributed by atoms with Crippen molar-refractivity contribution in [1.29, 1.82) is 0 Å². The Bertz CT molecular complexity index is 2110. The second-order valence-corrected chi connectivity index (χ2v) is 37.0. The van der Waals surface area contributed by atoms with E-state index >= 15 is 0 Å². The molecule has 0 aromatic carbocycles. The van der Waals surface area contributed by atoms with E-state index in [0.717, 1.165) is 108 Å². The molecule has 0 saturated carbocycles. The third kappa shape index (κ3) is 84.0. The molecule has 0 amide bonds. The fourth-order valence-electron chi connectivity index (χ4n) is 14.3. The first-order valence-electron chi connectivity index (χ1n) is 46.8. The van der Waals surface area contributed by atoms with Crippen LogP contribution in [0.3, 0.4) is 0 Å². The minimum absolute atomic E-state index is 0.108. The molecule has 0 aliphatic rings. The molecule has 2 unspecified atom stereocenters. The smallest absolute Gasteiger partial charge is 0.462 e. The van der Waals surface area contributed by atoms with E-state index in [1.165, 1.54) is 289 Å². The first-order chi connectivity index (χ1) is 53.2. The quantitative estimate of drug-likeness (QED) is 0.0222. The largest absolute Gasteiger partial charge is 0.472 e. The first kappa shape index (κ1) is 108. The van der Waals surface area contributed by atoms with Crippen LogP contribution >= 0.6 is 15.6 Å². The van der Waals surface area contributed by atoms with Gasteiger partial charge >= 0.3 is 39.5 Å². The summed E-state index contributed by atoms with van der Waals surface area (Å²) in [6, 6.07) is 0. The SMILES string of the molecule is CCCCCCCCCCCCCCCCCCCCC(=O)O[C@H](COC(=O)CCCCCCCCCC(C)C)COP(=O)(O)OC[C@H](O)COP(=O)(O)OC[C@@H](COC(=O)CCCCCCCCCCCCCCCCCCCCC(C)C)OC(=O)CCCCCCCCCCCCCCCCCCCCC(C)C. The van der Waals surface area contributed by atoms with Gasteiger partial charge in [-0.05, 0) is 43.4 Å². The molecule has 0 bridgehead atoms. The number of phosphoric acid groups is 2. The lowest BCUT2D eigenvalue weighted by Gasteiger charge is -2.21. The molecule has 0 heterocycles. The van der Waals surface area contributed by atoms with Crippen molar-refractivity contribution in [3.05, 3.63) is 0 Å². The van der Waals surface area contributed by atoms with E-state index in [4.69, 9.17) is 37.0 Å².